The molecule has 4 rings (SSSR count). The van der Waals surface area contributed by atoms with E-state index in [-0.39, 0.29) is 13.2 Å². The molecule has 0 saturated carbocycles. The summed E-state index contributed by atoms with van der Waals surface area (Å²) >= 11 is 13.4. The number of benzene rings is 1. The minimum Gasteiger partial charge on any atom is -0.481 e. The van der Waals surface area contributed by atoms with E-state index >= 15 is 0 Å². The first-order valence-electron chi connectivity index (χ1n) is 11.2. The van der Waals surface area contributed by atoms with E-state index in [0.717, 1.165) is 22.3 Å². The molecule has 8 nitrogen and oxygen atoms in total. The van der Waals surface area contributed by atoms with Gasteiger partial charge < -0.3 is 25.6 Å². The van der Waals surface area contributed by atoms with Gasteiger partial charge in [0.15, 0.2) is 0 Å². The molecule has 0 aliphatic rings. The first-order valence-corrected chi connectivity index (χ1v) is 12.0. The first-order chi connectivity index (χ1) is 17.1. The van der Waals surface area contributed by atoms with E-state index < -0.39 is 0 Å². The van der Waals surface area contributed by atoms with Crippen molar-refractivity contribution in [2.45, 2.75) is 13.1 Å². The van der Waals surface area contributed by atoms with Crippen LogP contribution in [0.1, 0.15) is 11.3 Å². The predicted octanol–water partition coefficient (Wildman–Crippen LogP) is 3.54. The van der Waals surface area contributed by atoms with Gasteiger partial charge >= 0.3 is 0 Å². The van der Waals surface area contributed by atoms with Gasteiger partial charge in [0, 0.05) is 49.1 Å². The van der Waals surface area contributed by atoms with E-state index in [0.29, 0.717) is 59.3 Å². The normalized spacial score (nSPS) is 11.3. The summed E-state index contributed by atoms with van der Waals surface area (Å²) in [5, 5.41) is 25.3. The number of aliphatic hydroxyl groups is 2. The molecular weight excluding hydrogens is 489 g/mol. The Morgan fingerprint density at radius 2 is 1.69 bits per heavy atom. The average molecular weight is 516 g/mol. The standard InChI is InChI=1S/C25H27Cl2N5O3/c1-35-25-17(14-28-8-11-33)5-6-20(31-25)19-4-2-3-18(23(19)26)16-7-10-32-22(13-16)30-21(24(32)27)15-29-9-12-34/h2-7,10,13,28-29,33-34H,8-9,11-12,14-15H2,1H3. The van der Waals surface area contributed by atoms with Gasteiger partial charge in [-0.3, -0.25) is 4.40 Å². The zero-order valence-electron chi connectivity index (χ0n) is 19.3. The second kappa shape index (κ2) is 11.8. The van der Waals surface area contributed by atoms with Crippen LogP contribution in [-0.2, 0) is 13.1 Å². The van der Waals surface area contributed by atoms with Crippen LogP contribution in [0.15, 0.2) is 48.7 Å². The Hall–Kier alpha value is -2.72. The third-order valence-corrected chi connectivity index (χ3v) is 6.34. The highest BCUT2D eigenvalue weighted by atomic mass is 35.5. The second-order valence-electron chi connectivity index (χ2n) is 7.83. The number of nitrogens with one attached hydrogen (secondary N) is 2. The fourth-order valence-electron chi connectivity index (χ4n) is 3.81. The molecule has 0 saturated heterocycles. The molecule has 0 unspecified atom stereocenters. The SMILES string of the molecule is COc1nc(-c2cccc(-c3ccn4c(Cl)c(CNCCO)nc4c3)c2Cl)ccc1CNCCO. The number of aromatic nitrogens is 3. The van der Waals surface area contributed by atoms with Gasteiger partial charge in [0.25, 0.3) is 0 Å². The van der Waals surface area contributed by atoms with Crippen molar-refractivity contribution in [3.05, 3.63) is 70.1 Å². The third kappa shape index (κ3) is 5.59. The molecule has 0 radical (unpaired) electrons. The molecule has 1 aromatic carbocycles. The molecule has 4 aromatic rings. The molecule has 10 heteroatoms. The maximum Gasteiger partial charge on any atom is 0.218 e. The van der Waals surface area contributed by atoms with Crippen molar-refractivity contribution in [3.8, 4) is 28.3 Å². The lowest BCUT2D eigenvalue weighted by Gasteiger charge is -2.13. The topological polar surface area (TPSA) is 104 Å². The van der Waals surface area contributed by atoms with Gasteiger partial charge in [-0.1, -0.05) is 47.5 Å². The Morgan fingerprint density at radius 3 is 2.43 bits per heavy atom. The summed E-state index contributed by atoms with van der Waals surface area (Å²) in [6.45, 7) is 2.08. The van der Waals surface area contributed by atoms with Crippen molar-refractivity contribution in [3.63, 3.8) is 0 Å². The Morgan fingerprint density at radius 1 is 0.943 bits per heavy atom. The highest BCUT2D eigenvalue weighted by Gasteiger charge is 2.16. The molecule has 0 aliphatic carbocycles. The Balaban J connectivity index is 1.66. The molecule has 0 amide bonds. The zero-order chi connectivity index (χ0) is 24.8. The molecule has 0 atom stereocenters. The lowest BCUT2D eigenvalue weighted by Crippen LogP contribution is -2.18. The molecule has 0 aliphatic heterocycles. The highest BCUT2D eigenvalue weighted by Crippen LogP contribution is 2.37. The maximum absolute atomic E-state index is 8.98. The van der Waals surface area contributed by atoms with Gasteiger partial charge in [0.05, 0.1) is 36.7 Å². The van der Waals surface area contributed by atoms with Gasteiger partial charge in [0.1, 0.15) is 10.8 Å². The minimum atomic E-state index is 0.0496. The van der Waals surface area contributed by atoms with Crippen molar-refractivity contribution in [1.82, 2.24) is 25.0 Å². The molecule has 0 spiro atoms. The van der Waals surface area contributed by atoms with E-state index in [9.17, 15) is 0 Å². The number of hydrogen-bond donors (Lipinski definition) is 4. The van der Waals surface area contributed by atoms with Crippen LogP contribution in [-0.4, -0.2) is 58.0 Å². The van der Waals surface area contributed by atoms with E-state index in [1.807, 2.05) is 53.1 Å². The van der Waals surface area contributed by atoms with Gasteiger partial charge in [-0.2, -0.15) is 0 Å². The van der Waals surface area contributed by atoms with Crippen LogP contribution >= 0.6 is 23.2 Å². The number of methoxy groups -OCH3 is 1. The quantitative estimate of drug-likeness (QED) is 0.226. The molecular formula is C25H27Cl2N5O3. The van der Waals surface area contributed by atoms with E-state index in [1.54, 1.807) is 7.11 Å². The molecule has 4 N–H and O–H groups in total. The number of rotatable bonds is 11. The van der Waals surface area contributed by atoms with Crippen molar-refractivity contribution in [2.75, 3.05) is 33.4 Å². The average Bonchev–Trinajstić information content (AvgIpc) is 3.19. The van der Waals surface area contributed by atoms with E-state index in [1.165, 1.54) is 0 Å². The summed E-state index contributed by atoms with van der Waals surface area (Å²) in [6.07, 6.45) is 1.87. The Labute approximate surface area is 213 Å². The largest absolute Gasteiger partial charge is 0.481 e. The van der Waals surface area contributed by atoms with Gasteiger partial charge in [-0.25, -0.2) is 9.97 Å². The summed E-state index contributed by atoms with van der Waals surface area (Å²) in [5.74, 6) is 0.505. The van der Waals surface area contributed by atoms with Crippen LogP contribution in [0.25, 0.3) is 28.0 Å². The minimum absolute atomic E-state index is 0.0496. The first kappa shape index (κ1) is 25.4. The second-order valence-corrected chi connectivity index (χ2v) is 8.56. The third-order valence-electron chi connectivity index (χ3n) is 5.54. The van der Waals surface area contributed by atoms with Crippen LogP contribution in [0.3, 0.4) is 0 Å². The van der Waals surface area contributed by atoms with Crippen LogP contribution < -0.4 is 15.4 Å². The number of ether oxygens (including phenoxy) is 1. The number of hydrogen-bond acceptors (Lipinski definition) is 7. The summed E-state index contributed by atoms with van der Waals surface area (Å²) in [4.78, 5) is 9.31. The van der Waals surface area contributed by atoms with Crippen LogP contribution in [0.2, 0.25) is 10.2 Å². The maximum atomic E-state index is 8.98. The number of halogens is 2. The molecule has 3 heterocycles. The van der Waals surface area contributed by atoms with Gasteiger partial charge in [-0.05, 0) is 23.8 Å². The van der Waals surface area contributed by atoms with Crippen molar-refractivity contribution < 1.29 is 14.9 Å². The molecule has 184 valence electrons. The molecule has 3 aromatic heterocycles. The number of pyridine rings is 2. The predicted molar refractivity (Wildman–Crippen MR) is 138 cm³/mol. The highest BCUT2D eigenvalue weighted by molar-refractivity contribution is 6.36. The number of aliphatic hydroxyl groups excluding tert-OH is 2. The summed E-state index contributed by atoms with van der Waals surface area (Å²) in [5.41, 5.74) is 5.53. The van der Waals surface area contributed by atoms with Crippen LogP contribution in [0, 0.1) is 0 Å². The van der Waals surface area contributed by atoms with Crippen LogP contribution in [0.5, 0.6) is 5.88 Å². The Kier molecular flexibility index (Phi) is 8.56. The monoisotopic (exact) mass is 515 g/mol. The lowest BCUT2D eigenvalue weighted by atomic mass is 10.0. The van der Waals surface area contributed by atoms with E-state index in [2.05, 4.69) is 20.6 Å². The lowest BCUT2D eigenvalue weighted by molar-refractivity contribution is 0.291. The Bertz CT molecular complexity index is 1310. The number of fused-ring (bicyclic) bond motifs is 1. The van der Waals surface area contributed by atoms with Crippen molar-refractivity contribution in [2.24, 2.45) is 0 Å². The van der Waals surface area contributed by atoms with Gasteiger partial charge in [-0.15, -0.1) is 0 Å². The van der Waals surface area contributed by atoms with Crippen LogP contribution in [0.4, 0.5) is 0 Å². The smallest absolute Gasteiger partial charge is 0.218 e. The number of nitrogens with zero attached hydrogens (tertiary/aromatic N) is 3. The molecule has 35 heavy (non-hydrogen) atoms. The number of imidazole rings is 1. The molecule has 0 fully saturated rings. The summed E-state index contributed by atoms with van der Waals surface area (Å²) in [6, 6.07) is 13.6. The summed E-state index contributed by atoms with van der Waals surface area (Å²) < 4.78 is 7.30. The molecule has 0 bridgehead atoms. The fraction of sp³-hybridized carbons (Fsp3) is 0.280. The summed E-state index contributed by atoms with van der Waals surface area (Å²) in [7, 11) is 1.58. The fourth-order valence-corrected chi connectivity index (χ4v) is 4.40. The van der Waals surface area contributed by atoms with E-state index in [4.69, 9.17) is 38.2 Å². The van der Waals surface area contributed by atoms with Crippen molar-refractivity contribution in [1.29, 1.82) is 0 Å². The van der Waals surface area contributed by atoms with Gasteiger partial charge in [0.2, 0.25) is 5.88 Å². The zero-order valence-corrected chi connectivity index (χ0v) is 20.8. The van der Waals surface area contributed by atoms with Crippen molar-refractivity contribution >= 4 is 28.8 Å².